The molecular weight excluding hydrogens is 441 g/mol. The number of benzene rings is 1. The van der Waals surface area contributed by atoms with E-state index in [1.807, 2.05) is 6.92 Å². The molecule has 2 aliphatic rings. The number of halogens is 2. The Kier molecular flexibility index (Phi) is 7.12. The quantitative estimate of drug-likeness (QED) is 0.506. The SMILES string of the molecule is CCOC(=O)C1=C(C)NC2=C(C(=O)C(C(=O)OCC)C(C)C2)C1c1cccc(Cl)c1Cl. The van der Waals surface area contributed by atoms with Gasteiger partial charge in [0.25, 0.3) is 0 Å². The van der Waals surface area contributed by atoms with Gasteiger partial charge in [0.15, 0.2) is 5.78 Å². The number of dihydropyridines is 1. The van der Waals surface area contributed by atoms with E-state index in [0.717, 1.165) is 0 Å². The molecule has 166 valence electrons. The summed E-state index contributed by atoms with van der Waals surface area (Å²) in [7, 11) is 0. The van der Waals surface area contributed by atoms with Crippen molar-refractivity contribution in [1.82, 2.24) is 5.32 Å². The molecule has 0 saturated heterocycles. The third-order valence-electron chi connectivity index (χ3n) is 5.62. The molecule has 1 aliphatic carbocycles. The number of hydrogen-bond acceptors (Lipinski definition) is 6. The van der Waals surface area contributed by atoms with Gasteiger partial charge in [0.1, 0.15) is 5.92 Å². The molecule has 1 N–H and O–H groups in total. The molecule has 31 heavy (non-hydrogen) atoms. The number of esters is 2. The van der Waals surface area contributed by atoms with Crippen molar-refractivity contribution in [1.29, 1.82) is 0 Å². The van der Waals surface area contributed by atoms with Crippen molar-refractivity contribution in [3.05, 3.63) is 56.3 Å². The molecule has 1 heterocycles. The van der Waals surface area contributed by atoms with Gasteiger partial charge < -0.3 is 14.8 Å². The van der Waals surface area contributed by atoms with Crippen molar-refractivity contribution in [2.24, 2.45) is 11.8 Å². The van der Waals surface area contributed by atoms with Crippen LogP contribution in [0.5, 0.6) is 0 Å². The van der Waals surface area contributed by atoms with Gasteiger partial charge in [-0.1, -0.05) is 42.3 Å². The summed E-state index contributed by atoms with van der Waals surface area (Å²) in [5.74, 6) is -3.52. The molecule has 0 amide bonds. The number of hydrogen-bond donors (Lipinski definition) is 1. The van der Waals surface area contributed by atoms with E-state index in [0.29, 0.717) is 34.0 Å². The monoisotopic (exact) mass is 465 g/mol. The summed E-state index contributed by atoms with van der Waals surface area (Å²) in [5.41, 5.74) is 2.36. The molecule has 0 bridgehead atoms. The van der Waals surface area contributed by atoms with Crippen molar-refractivity contribution in [3.8, 4) is 0 Å². The number of ketones is 1. The van der Waals surface area contributed by atoms with Crippen LogP contribution >= 0.6 is 23.2 Å². The lowest BCUT2D eigenvalue weighted by Gasteiger charge is -2.38. The van der Waals surface area contributed by atoms with Crippen LogP contribution in [0.4, 0.5) is 0 Å². The summed E-state index contributed by atoms with van der Waals surface area (Å²) in [5, 5.41) is 3.75. The average Bonchev–Trinajstić information content (AvgIpc) is 2.69. The first-order valence-electron chi connectivity index (χ1n) is 10.3. The van der Waals surface area contributed by atoms with Crippen molar-refractivity contribution in [2.45, 2.75) is 40.0 Å². The van der Waals surface area contributed by atoms with Crippen LogP contribution in [0.2, 0.25) is 10.0 Å². The molecule has 0 saturated carbocycles. The zero-order chi connectivity index (χ0) is 22.9. The first-order valence-corrected chi connectivity index (χ1v) is 11.0. The number of carbonyl (C=O) groups is 3. The van der Waals surface area contributed by atoms with Crippen LogP contribution in [0, 0.1) is 11.8 Å². The van der Waals surface area contributed by atoms with Crippen LogP contribution < -0.4 is 5.32 Å². The summed E-state index contributed by atoms with van der Waals surface area (Å²) in [6.45, 7) is 7.35. The van der Waals surface area contributed by atoms with Crippen LogP contribution in [-0.4, -0.2) is 30.9 Å². The average molecular weight is 466 g/mol. The van der Waals surface area contributed by atoms with E-state index in [1.54, 1.807) is 39.0 Å². The second-order valence-electron chi connectivity index (χ2n) is 7.63. The Morgan fingerprint density at radius 2 is 1.84 bits per heavy atom. The molecule has 6 nitrogen and oxygen atoms in total. The highest BCUT2D eigenvalue weighted by Gasteiger charge is 2.47. The predicted molar refractivity (Wildman–Crippen MR) is 118 cm³/mol. The maximum Gasteiger partial charge on any atom is 0.336 e. The fourth-order valence-corrected chi connectivity index (χ4v) is 4.74. The second-order valence-corrected chi connectivity index (χ2v) is 8.41. The highest BCUT2D eigenvalue weighted by molar-refractivity contribution is 6.42. The van der Waals surface area contributed by atoms with E-state index >= 15 is 0 Å². The van der Waals surface area contributed by atoms with E-state index in [9.17, 15) is 14.4 Å². The van der Waals surface area contributed by atoms with E-state index in [4.69, 9.17) is 32.7 Å². The Labute approximate surface area is 191 Å². The molecular formula is C23H25Cl2NO5. The van der Waals surface area contributed by atoms with Crippen LogP contribution in [0.15, 0.2) is 40.7 Å². The summed E-state index contributed by atoms with van der Waals surface area (Å²) in [4.78, 5) is 39.2. The Morgan fingerprint density at radius 3 is 2.48 bits per heavy atom. The molecule has 0 spiro atoms. The van der Waals surface area contributed by atoms with E-state index < -0.39 is 23.8 Å². The molecule has 8 heteroatoms. The molecule has 0 radical (unpaired) electrons. The first kappa shape index (κ1) is 23.4. The minimum atomic E-state index is -0.956. The maximum atomic E-state index is 13.6. The third-order valence-corrected chi connectivity index (χ3v) is 6.45. The van der Waals surface area contributed by atoms with Gasteiger partial charge in [0.05, 0.1) is 28.8 Å². The zero-order valence-corrected chi connectivity index (χ0v) is 19.4. The normalized spacial score (nSPS) is 23.3. The van der Waals surface area contributed by atoms with Gasteiger partial charge in [-0.25, -0.2) is 4.79 Å². The van der Waals surface area contributed by atoms with E-state index in [1.165, 1.54) is 0 Å². The van der Waals surface area contributed by atoms with Gasteiger partial charge in [-0.2, -0.15) is 0 Å². The molecule has 1 aliphatic heterocycles. The van der Waals surface area contributed by atoms with Crippen molar-refractivity contribution >= 4 is 40.9 Å². The fraction of sp³-hybridized carbons (Fsp3) is 0.435. The topological polar surface area (TPSA) is 81.7 Å². The van der Waals surface area contributed by atoms with Gasteiger partial charge >= 0.3 is 11.9 Å². The van der Waals surface area contributed by atoms with Gasteiger partial charge in [-0.05, 0) is 44.7 Å². The zero-order valence-electron chi connectivity index (χ0n) is 17.9. The number of rotatable bonds is 5. The van der Waals surface area contributed by atoms with E-state index in [-0.39, 0.29) is 35.5 Å². The number of ether oxygens (including phenoxy) is 2. The van der Waals surface area contributed by atoms with Gasteiger partial charge in [0.2, 0.25) is 0 Å². The summed E-state index contributed by atoms with van der Waals surface area (Å²) < 4.78 is 10.5. The largest absolute Gasteiger partial charge is 0.465 e. The van der Waals surface area contributed by atoms with Gasteiger partial charge in [0, 0.05) is 22.9 Å². The molecule has 1 aromatic rings. The van der Waals surface area contributed by atoms with Crippen molar-refractivity contribution in [3.63, 3.8) is 0 Å². The molecule has 3 atom stereocenters. The minimum absolute atomic E-state index is 0.175. The number of carbonyl (C=O) groups excluding carboxylic acids is 3. The lowest BCUT2D eigenvalue weighted by Crippen LogP contribution is -2.43. The molecule has 3 unspecified atom stereocenters. The Balaban J connectivity index is 2.22. The molecule has 1 aromatic carbocycles. The fourth-order valence-electron chi connectivity index (χ4n) is 4.32. The third kappa shape index (κ3) is 4.23. The second kappa shape index (κ2) is 9.45. The van der Waals surface area contributed by atoms with Crippen LogP contribution in [0.25, 0.3) is 0 Å². The Morgan fingerprint density at radius 1 is 1.16 bits per heavy atom. The Hall–Kier alpha value is -2.31. The smallest absolute Gasteiger partial charge is 0.336 e. The number of Topliss-reactive ketones (excluding diaryl/α,β-unsaturated/α-hetero) is 1. The lowest BCUT2D eigenvalue weighted by molar-refractivity contribution is -0.153. The predicted octanol–water partition coefficient (Wildman–Crippen LogP) is 4.56. The molecule has 3 rings (SSSR count). The summed E-state index contributed by atoms with van der Waals surface area (Å²) in [6, 6.07) is 5.07. The minimum Gasteiger partial charge on any atom is -0.465 e. The van der Waals surface area contributed by atoms with Gasteiger partial charge in [-0.3, -0.25) is 9.59 Å². The lowest BCUT2D eigenvalue weighted by atomic mass is 9.69. The summed E-state index contributed by atoms with van der Waals surface area (Å²) >= 11 is 12.8. The standard InChI is InChI=1S/C23H25Cl2NO5/c1-5-30-22(28)16-11(3)10-15-19(21(16)27)18(13-8-7-9-14(24)20(13)25)17(12(4)26-15)23(29)31-6-2/h7-9,11,16,18,26H,5-6,10H2,1-4H3. The highest BCUT2D eigenvalue weighted by Crippen LogP contribution is 2.47. The van der Waals surface area contributed by atoms with Crippen LogP contribution in [0.1, 0.15) is 45.6 Å². The maximum absolute atomic E-state index is 13.6. The number of nitrogens with one attached hydrogen (secondary N) is 1. The van der Waals surface area contributed by atoms with Crippen LogP contribution in [-0.2, 0) is 23.9 Å². The van der Waals surface area contributed by atoms with Crippen molar-refractivity contribution < 1.29 is 23.9 Å². The van der Waals surface area contributed by atoms with Crippen LogP contribution in [0.3, 0.4) is 0 Å². The van der Waals surface area contributed by atoms with E-state index in [2.05, 4.69) is 5.32 Å². The Bertz CT molecular complexity index is 998. The number of allylic oxidation sites excluding steroid dienone is 3. The first-order chi connectivity index (χ1) is 14.7. The van der Waals surface area contributed by atoms with Crippen molar-refractivity contribution in [2.75, 3.05) is 13.2 Å². The van der Waals surface area contributed by atoms with Gasteiger partial charge in [-0.15, -0.1) is 0 Å². The summed E-state index contributed by atoms with van der Waals surface area (Å²) in [6.07, 6.45) is 0.451. The molecule has 0 fully saturated rings. The highest BCUT2D eigenvalue weighted by atomic mass is 35.5. The molecule has 0 aromatic heterocycles.